The Balaban J connectivity index is 1.46. The number of halogens is 5. The Hall–Kier alpha value is -2.04. The van der Waals surface area contributed by atoms with Crippen LogP contribution in [0.4, 0.5) is 0 Å². The van der Waals surface area contributed by atoms with Crippen LogP contribution in [0, 0.1) is 0 Å². The molecule has 0 aliphatic heterocycles. The fourth-order valence-corrected chi connectivity index (χ4v) is 5.35. The lowest BCUT2D eigenvalue weighted by molar-refractivity contribution is 0.0929. The van der Waals surface area contributed by atoms with E-state index < -0.39 is 5.91 Å². The van der Waals surface area contributed by atoms with Crippen molar-refractivity contribution < 1.29 is 18.7 Å². The number of nitrogens with one attached hydrogen (secondary N) is 1. The fourth-order valence-electron chi connectivity index (χ4n) is 3.12. The third-order valence-electron chi connectivity index (χ3n) is 4.81. The molecule has 180 valence electrons. The molecule has 0 bridgehead atoms. The highest BCUT2D eigenvalue weighted by Crippen LogP contribution is 2.34. The molecular weight excluding hydrogens is 691 g/mol. The Morgan fingerprint density at radius 2 is 1.86 bits per heavy atom. The fraction of sp³-hybridized carbons (Fsp3) is 0.0833. The summed E-state index contributed by atoms with van der Waals surface area (Å²) in [5, 5.41) is 5.89. The molecule has 0 fully saturated rings. The third-order valence-corrected chi connectivity index (χ3v) is 7.13. The summed E-state index contributed by atoms with van der Waals surface area (Å²) in [4.78, 5) is 12.5. The zero-order chi connectivity index (χ0) is 25.1. The van der Waals surface area contributed by atoms with Crippen molar-refractivity contribution in [2.24, 2.45) is 5.10 Å². The minimum absolute atomic E-state index is 0.136. The van der Waals surface area contributed by atoms with Crippen LogP contribution >= 0.6 is 71.0 Å². The van der Waals surface area contributed by atoms with Crippen molar-refractivity contribution in [1.29, 1.82) is 0 Å². The van der Waals surface area contributed by atoms with E-state index in [1.807, 2.05) is 12.1 Å². The number of nitrogens with zero attached hydrogens (tertiary/aromatic N) is 1. The van der Waals surface area contributed by atoms with E-state index in [1.54, 1.807) is 36.4 Å². The van der Waals surface area contributed by atoms with Gasteiger partial charge in [-0.3, -0.25) is 4.79 Å². The summed E-state index contributed by atoms with van der Waals surface area (Å²) in [6.07, 6.45) is 1.49. The lowest BCUT2D eigenvalue weighted by Crippen LogP contribution is -2.16. The van der Waals surface area contributed by atoms with Gasteiger partial charge in [0.2, 0.25) is 0 Å². The molecule has 0 saturated carbocycles. The van der Waals surface area contributed by atoms with E-state index in [0.717, 1.165) is 19.9 Å². The van der Waals surface area contributed by atoms with Gasteiger partial charge in [-0.05, 0) is 74.3 Å². The van der Waals surface area contributed by atoms with Crippen molar-refractivity contribution in [3.05, 3.63) is 88.9 Å². The number of methoxy groups -OCH3 is 1. The van der Waals surface area contributed by atoms with Gasteiger partial charge in [0.25, 0.3) is 0 Å². The minimum Gasteiger partial charge on any atom is -0.493 e. The van der Waals surface area contributed by atoms with Gasteiger partial charge in [0.15, 0.2) is 17.3 Å². The summed E-state index contributed by atoms with van der Waals surface area (Å²) in [7, 11) is 1.53. The smallest absolute Gasteiger partial charge is 0.307 e. The van der Waals surface area contributed by atoms with Gasteiger partial charge >= 0.3 is 5.91 Å². The number of rotatable bonds is 7. The number of carbonyl (C=O) groups is 1. The molecule has 0 spiro atoms. The summed E-state index contributed by atoms with van der Waals surface area (Å²) >= 11 is 22.5. The molecule has 1 aromatic heterocycles. The summed E-state index contributed by atoms with van der Waals surface area (Å²) in [6.45, 7) is 0.229. The summed E-state index contributed by atoms with van der Waals surface area (Å²) in [5.74, 6) is 0.643. The molecule has 4 aromatic rings. The van der Waals surface area contributed by atoms with Gasteiger partial charge < -0.3 is 13.9 Å². The predicted octanol–water partition coefficient (Wildman–Crippen LogP) is 8.38. The molecule has 11 heteroatoms. The number of furan rings is 1. The van der Waals surface area contributed by atoms with Gasteiger partial charge in [0.05, 0.1) is 17.8 Å². The number of hydrogen-bond acceptors (Lipinski definition) is 5. The second-order valence-electron chi connectivity index (χ2n) is 7.16. The number of benzene rings is 3. The summed E-state index contributed by atoms with van der Waals surface area (Å²) in [6, 6.07) is 14.0. The maximum atomic E-state index is 12.5. The van der Waals surface area contributed by atoms with Crippen molar-refractivity contribution >= 4 is 94.1 Å². The van der Waals surface area contributed by atoms with E-state index in [2.05, 4.69) is 58.3 Å². The molecule has 1 heterocycles. The molecule has 35 heavy (non-hydrogen) atoms. The Morgan fingerprint density at radius 1 is 1.06 bits per heavy atom. The van der Waals surface area contributed by atoms with Crippen molar-refractivity contribution in [2.45, 2.75) is 6.61 Å². The van der Waals surface area contributed by atoms with Gasteiger partial charge in [-0.2, -0.15) is 5.10 Å². The quantitative estimate of drug-likeness (QED) is 0.155. The molecule has 0 saturated heterocycles. The number of amides is 1. The molecule has 3 aromatic carbocycles. The number of carbonyl (C=O) groups excluding carboxylic acids is 1. The van der Waals surface area contributed by atoms with Crippen LogP contribution in [0.2, 0.25) is 10.0 Å². The van der Waals surface area contributed by atoms with E-state index in [4.69, 9.17) is 37.1 Å². The minimum atomic E-state index is -0.483. The van der Waals surface area contributed by atoms with Crippen LogP contribution in [0.3, 0.4) is 0 Å². The Labute approximate surface area is 235 Å². The summed E-state index contributed by atoms with van der Waals surface area (Å²) in [5.41, 5.74) is 4.49. The predicted molar refractivity (Wildman–Crippen MR) is 148 cm³/mol. The molecule has 1 amide bonds. The zero-order valence-electron chi connectivity index (χ0n) is 17.9. The molecule has 1 N–H and O–H groups in total. The molecule has 0 aliphatic rings. The van der Waals surface area contributed by atoms with Gasteiger partial charge in [0, 0.05) is 35.5 Å². The highest BCUT2D eigenvalue weighted by atomic mass is 79.9. The molecule has 0 atom stereocenters. The van der Waals surface area contributed by atoms with Gasteiger partial charge in [0.1, 0.15) is 12.2 Å². The van der Waals surface area contributed by atoms with Crippen LogP contribution in [0.25, 0.3) is 11.0 Å². The number of fused-ring (bicyclic) bond motifs is 1. The average Bonchev–Trinajstić information content (AvgIpc) is 3.24. The van der Waals surface area contributed by atoms with Gasteiger partial charge in [-0.1, -0.05) is 45.2 Å². The number of hydrogen-bond donors (Lipinski definition) is 1. The standard InChI is InChI=1S/C24H15Br3Cl2N2O4/c1-33-20-6-14(17(26)9-21(20)34-11-12-2-3-16(28)8-19(12)29)10-30-31-24(32)22-5-13-4-15(25)7-18(27)23(13)35-22/h2-10H,11H2,1H3,(H,31,32)/b30-10-. The number of hydrazone groups is 1. The average molecular weight is 706 g/mol. The van der Waals surface area contributed by atoms with E-state index in [0.29, 0.717) is 37.2 Å². The van der Waals surface area contributed by atoms with Gasteiger partial charge in [-0.15, -0.1) is 0 Å². The second-order valence-corrected chi connectivity index (χ2v) is 10.6. The van der Waals surface area contributed by atoms with Crippen LogP contribution in [0.15, 0.2) is 71.5 Å². The van der Waals surface area contributed by atoms with E-state index >= 15 is 0 Å². The zero-order valence-corrected chi connectivity index (χ0v) is 24.1. The maximum Gasteiger partial charge on any atom is 0.307 e. The van der Waals surface area contributed by atoms with Crippen molar-refractivity contribution in [2.75, 3.05) is 7.11 Å². The highest BCUT2D eigenvalue weighted by molar-refractivity contribution is 9.11. The molecule has 0 radical (unpaired) electrons. The topological polar surface area (TPSA) is 73.1 Å². The first-order chi connectivity index (χ1) is 16.7. The second kappa shape index (κ2) is 11.3. The maximum absolute atomic E-state index is 12.5. The summed E-state index contributed by atoms with van der Waals surface area (Å²) < 4.78 is 19.3. The van der Waals surface area contributed by atoms with E-state index in [1.165, 1.54) is 13.3 Å². The lowest BCUT2D eigenvalue weighted by Gasteiger charge is -2.13. The Bertz CT molecular complexity index is 1460. The van der Waals surface area contributed by atoms with Crippen LogP contribution < -0.4 is 14.9 Å². The highest BCUT2D eigenvalue weighted by Gasteiger charge is 2.15. The van der Waals surface area contributed by atoms with Crippen LogP contribution in [-0.4, -0.2) is 19.2 Å². The SMILES string of the molecule is COc1cc(/C=N\NC(=O)c2cc3cc(Br)cc(Br)c3o2)c(Br)cc1OCc1ccc(Cl)cc1Cl. The molecular formula is C24H15Br3Cl2N2O4. The normalized spacial score (nSPS) is 11.3. The largest absolute Gasteiger partial charge is 0.493 e. The van der Waals surface area contributed by atoms with Crippen LogP contribution in [-0.2, 0) is 6.61 Å². The van der Waals surface area contributed by atoms with Crippen LogP contribution in [0.5, 0.6) is 11.5 Å². The molecule has 4 rings (SSSR count). The lowest BCUT2D eigenvalue weighted by atomic mass is 10.2. The van der Waals surface area contributed by atoms with Crippen molar-refractivity contribution in [3.8, 4) is 11.5 Å². The van der Waals surface area contributed by atoms with E-state index in [-0.39, 0.29) is 12.4 Å². The molecule has 0 unspecified atom stereocenters. The Kier molecular flexibility index (Phi) is 8.44. The molecule has 6 nitrogen and oxygen atoms in total. The first-order valence-corrected chi connectivity index (χ1v) is 13.0. The number of ether oxygens (including phenoxy) is 2. The third kappa shape index (κ3) is 6.21. The van der Waals surface area contributed by atoms with Crippen molar-refractivity contribution in [3.63, 3.8) is 0 Å². The first kappa shape index (κ1) is 26.0. The first-order valence-electron chi connectivity index (χ1n) is 9.91. The Morgan fingerprint density at radius 3 is 2.60 bits per heavy atom. The monoisotopic (exact) mass is 702 g/mol. The van der Waals surface area contributed by atoms with Crippen LogP contribution in [0.1, 0.15) is 21.7 Å². The van der Waals surface area contributed by atoms with E-state index in [9.17, 15) is 4.79 Å². The molecule has 0 aliphatic carbocycles. The van der Waals surface area contributed by atoms with Crippen molar-refractivity contribution in [1.82, 2.24) is 5.43 Å². The van der Waals surface area contributed by atoms with Gasteiger partial charge in [-0.25, -0.2) is 5.43 Å².